The van der Waals surface area contributed by atoms with Gasteiger partial charge in [0.05, 0.1) is 24.0 Å². The van der Waals surface area contributed by atoms with Crippen LogP contribution in [0.1, 0.15) is 90.7 Å². The monoisotopic (exact) mass is 499 g/mol. The Morgan fingerprint density at radius 3 is 2.58 bits per heavy atom. The number of cyclic esters (lactones) is 1. The molecular formula is C29H41NO6. The van der Waals surface area contributed by atoms with Crippen LogP contribution < -0.4 is 0 Å². The average molecular weight is 500 g/mol. The van der Waals surface area contributed by atoms with Gasteiger partial charge in [0.25, 0.3) is 0 Å². The summed E-state index contributed by atoms with van der Waals surface area (Å²) in [5, 5.41) is 21.9. The second-order valence-corrected chi connectivity index (χ2v) is 10.9. The van der Waals surface area contributed by atoms with Gasteiger partial charge in [0, 0.05) is 19.3 Å². The number of nitrogens with zero attached hydrogens (tertiary/aromatic N) is 1. The van der Waals surface area contributed by atoms with Crippen LogP contribution >= 0.6 is 0 Å². The van der Waals surface area contributed by atoms with Gasteiger partial charge >= 0.3 is 5.97 Å². The molecule has 2 aromatic rings. The van der Waals surface area contributed by atoms with E-state index in [1.165, 1.54) is 5.57 Å². The first-order valence-corrected chi connectivity index (χ1v) is 13.1. The van der Waals surface area contributed by atoms with Crippen molar-refractivity contribution in [3.8, 4) is 0 Å². The zero-order valence-corrected chi connectivity index (χ0v) is 22.4. The SMILES string of the molecule is CC[C@H]1C(=O)C(C)(C)[C@@H](O)CC(=O)O[C@H](c2ccc3oc(C)nc3c2)C/C=C(/C)CCC[C@H](C)[C@@H]1O. The number of rotatable bonds is 2. The molecule has 0 unspecified atom stereocenters. The summed E-state index contributed by atoms with van der Waals surface area (Å²) in [6, 6.07) is 5.55. The van der Waals surface area contributed by atoms with Crippen LogP contribution in [0.5, 0.6) is 0 Å². The molecule has 1 aliphatic heterocycles. The lowest BCUT2D eigenvalue weighted by Gasteiger charge is -2.35. The molecule has 2 heterocycles. The summed E-state index contributed by atoms with van der Waals surface area (Å²) in [5.41, 5.74) is 2.12. The summed E-state index contributed by atoms with van der Waals surface area (Å²) in [5.74, 6) is -0.896. The minimum atomic E-state index is -1.24. The van der Waals surface area contributed by atoms with Crippen molar-refractivity contribution in [1.82, 2.24) is 4.98 Å². The minimum Gasteiger partial charge on any atom is -0.457 e. The third-order valence-corrected chi connectivity index (χ3v) is 7.68. The molecule has 0 bridgehead atoms. The number of Topliss-reactive ketones (excluding diaryl/α,β-unsaturated/α-hetero) is 1. The summed E-state index contributed by atoms with van der Waals surface area (Å²) >= 11 is 0. The van der Waals surface area contributed by atoms with Gasteiger partial charge in [-0.3, -0.25) is 9.59 Å². The van der Waals surface area contributed by atoms with Gasteiger partial charge in [0.15, 0.2) is 11.5 Å². The lowest BCUT2D eigenvalue weighted by atomic mass is 9.71. The number of fused-ring (bicyclic) bond motifs is 1. The van der Waals surface area contributed by atoms with Crippen LogP contribution in [-0.2, 0) is 14.3 Å². The van der Waals surface area contributed by atoms with Gasteiger partial charge < -0.3 is 19.4 Å². The molecule has 0 aliphatic carbocycles. The number of aliphatic hydroxyl groups excluding tert-OH is 2. The molecule has 7 heteroatoms. The van der Waals surface area contributed by atoms with E-state index in [-0.39, 0.29) is 18.1 Å². The van der Waals surface area contributed by atoms with Crippen molar-refractivity contribution in [3.63, 3.8) is 0 Å². The van der Waals surface area contributed by atoms with Crippen LogP contribution in [0.25, 0.3) is 11.1 Å². The van der Waals surface area contributed by atoms with Gasteiger partial charge in [0.2, 0.25) is 0 Å². The van der Waals surface area contributed by atoms with E-state index in [1.807, 2.05) is 32.0 Å². The van der Waals surface area contributed by atoms with Crippen molar-refractivity contribution in [2.24, 2.45) is 17.3 Å². The number of aryl methyl sites for hydroxylation is 1. The highest BCUT2D eigenvalue weighted by Gasteiger charge is 2.43. The Morgan fingerprint density at radius 1 is 1.17 bits per heavy atom. The molecule has 36 heavy (non-hydrogen) atoms. The fourth-order valence-electron chi connectivity index (χ4n) is 5.04. The maximum Gasteiger partial charge on any atom is 0.309 e. The Hall–Kier alpha value is -2.51. The van der Waals surface area contributed by atoms with Crippen molar-refractivity contribution < 1.29 is 29.0 Å². The maximum atomic E-state index is 13.4. The first kappa shape index (κ1) is 28.1. The molecule has 0 radical (unpaired) electrons. The average Bonchev–Trinajstić information content (AvgIpc) is 3.20. The summed E-state index contributed by atoms with van der Waals surface area (Å²) in [6.07, 6.45) is 2.66. The number of ether oxygens (including phenoxy) is 1. The molecule has 1 aromatic carbocycles. The number of benzene rings is 1. The predicted molar refractivity (Wildman–Crippen MR) is 138 cm³/mol. The van der Waals surface area contributed by atoms with Crippen LogP contribution in [0, 0.1) is 24.2 Å². The smallest absolute Gasteiger partial charge is 0.309 e. The van der Waals surface area contributed by atoms with Crippen molar-refractivity contribution in [2.45, 2.75) is 98.4 Å². The highest BCUT2D eigenvalue weighted by Crippen LogP contribution is 2.35. The van der Waals surface area contributed by atoms with E-state index in [0.717, 1.165) is 24.8 Å². The van der Waals surface area contributed by atoms with E-state index < -0.39 is 35.6 Å². The van der Waals surface area contributed by atoms with Crippen LogP contribution in [0.2, 0.25) is 0 Å². The molecular weight excluding hydrogens is 458 g/mol. The Morgan fingerprint density at radius 2 is 1.89 bits per heavy atom. The molecule has 3 rings (SSSR count). The first-order valence-electron chi connectivity index (χ1n) is 13.1. The zero-order chi connectivity index (χ0) is 26.6. The summed E-state index contributed by atoms with van der Waals surface area (Å²) in [6.45, 7) is 11.0. The molecule has 7 nitrogen and oxygen atoms in total. The van der Waals surface area contributed by atoms with E-state index in [2.05, 4.69) is 18.0 Å². The van der Waals surface area contributed by atoms with Gasteiger partial charge in [-0.15, -0.1) is 0 Å². The normalized spacial score (nSPS) is 30.6. The topological polar surface area (TPSA) is 110 Å². The maximum absolute atomic E-state index is 13.4. The Balaban J connectivity index is 1.92. The van der Waals surface area contributed by atoms with E-state index in [0.29, 0.717) is 29.8 Å². The van der Waals surface area contributed by atoms with E-state index in [1.54, 1.807) is 20.8 Å². The number of esters is 1. The molecule has 1 aliphatic rings. The lowest BCUT2D eigenvalue weighted by molar-refractivity contribution is -0.156. The third-order valence-electron chi connectivity index (χ3n) is 7.68. The second-order valence-electron chi connectivity index (χ2n) is 10.9. The fourth-order valence-corrected chi connectivity index (χ4v) is 5.04. The number of hydrogen-bond donors (Lipinski definition) is 2. The quantitative estimate of drug-likeness (QED) is 0.408. The number of ketones is 1. The van der Waals surface area contributed by atoms with E-state index in [9.17, 15) is 19.8 Å². The summed E-state index contributed by atoms with van der Waals surface area (Å²) in [7, 11) is 0. The Labute approximate surface area is 213 Å². The highest BCUT2D eigenvalue weighted by molar-refractivity contribution is 5.88. The molecule has 2 N–H and O–H groups in total. The zero-order valence-electron chi connectivity index (χ0n) is 22.4. The number of aliphatic hydroxyl groups is 2. The Kier molecular flexibility index (Phi) is 9.12. The number of hydrogen-bond acceptors (Lipinski definition) is 7. The molecule has 5 atom stereocenters. The Bertz CT molecular complexity index is 1100. The molecule has 0 spiro atoms. The molecule has 0 fully saturated rings. The van der Waals surface area contributed by atoms with Crippen LogP contribution in [0.4, 0.5) is 0 Å². The van der Waals surface area contributed by atoms with Crippen molar-refractivity contribution in [1.29, 1.82) is 0 Å². The summed E-state index contributed by atoms with van der Waals surface area (Å²) in [4.78, 5) is 30.8. The largest absolute Gasteiger partial charge is 0.457 e. The standard InChI is InChI=1S/C29H41NO6/c1-7-21-27(33)18(3)10-8-9-17(2)11-13-23(20-12-14-24-22(15-20)30-19(4)35-24)36-26(32)16-25(31)29(5,6)28(21)34/h11-12,14-15,18,21,23,25,27,31,33H,7-10,13,16H2,1-6H3/b17-11-/t18-,21+,23-,25-,27-/m0/s1. The number of allylic oxidation sites excluding steroid dienone is 1. The van der Waals surface area contributed by atoms with Crippen LogP contribution in [0.15, 0.2) is 34.3 Å². The molecule has 0 amide bonds. The molecule has 198 valence electrons. The minimum absolute atomic E-state index is 0.0529. The lowest BCUT2D eigenvalue weighted by Crippen LogP contribution is -2.46. The van der Waals surface area contributed by atoms with Gasteiger partial charge in [-0.25, -0.2) is 4.98 Å². The molecule has 1 aromatic heterocycles. The first-order chi connectivity index (χ1) is 16.9. The second kappa shape index (κ2) is 11.7. The van der Waals surface area contributed by atoms with Crippen LogP contribution in [-0.4, -0.2) is 39.2 Å². The van der Waals surface area contributed by atoms with E-state index >= 15 is 0 Å². The third kappa shape index (κ3) is 6.43. The van der Waals surface area contributed by atoms with Crippen LogP contribution in [0.3, 0.4) is 0 Å². The van der Waals surface area contributed by atoms with Gasteiger partial charge in [-0.05, 0) is 56.2 Å². The van der Waals surface area contributed by atoms with E-state index in [4.69, 9.17) is 9.15 Å². The van der Waals surface area contributed by atoms with Gasteiger partial charge in [-0.1, -0.05) is 45.4 Å². The molecule has 0 saturated carbocycles. The van der Waals surface area contributed by atoms with Gasteiger partial charge in [-0.2, -0.15) is 0 Å². The van der Waals surface area contributed by atoms with Gasteiger partial charge in [0.1, 0.15) is 17.4 Å². The highest BCUT2D eigenvalue weighted by atomic mass is 16.5. The van der Waals surface area contributed by atoms with Crippen molar-refractivity contribution in [2.75, 3.05) is 0 Å². The van der Waals surface area contributed by atoms with Crippen molar-refractivity contribution >= 4 is 22.9 Å². The predicted octanol–water partition coefficient (Wildman–Crippen LogP) is 5.61. The molecule has 0 saturated heterocycles. The number of carbonyl (C=O) groups is 2. The number of aromatic nitrogens is 1. The number of oxazole rings is 1. The fraction of sp³-hybridized carbons (Fsp3) is 0.621. The van der Waals surface area contributed by atoms with Crippen molar-refractivity contribution in [3.05, 3.63) is 41.3 Å². The summed E-state index contributed by atoms with van der Waals surface area (Å²) < 4.78 is 11.4. The number of carbonyl (C=O) groups excluding carboxylic acids is 2.